The summed E-state index contributed by atoms with van der Waals surface area (Å²) in [7, 11) is 0. The maximum atomic E-state index is 13.0. The Kier molecular flexibility index (Phi) is 4.02. The molecule has 0 radical (unpaired) electrons. The fourth-order valence-electron chi connectivity index (χ4n) is 1.31. The van der Waals surface area contributed by atoms with Crippen LogP contribution in [-0.2, 0) is 5.75 Å². The van der Waals surface area contributed by atoms with Crippen LogP contribution in [0.15, 0.2) is 57.9 Å². The van der Waals surface area contributed by atoms with Gasteiger partial charge in [0.05, 0.1) is 4.47 Å². The van der Waals surface area contributed by atoms with Gasteiger partial charge in [-0.2, -0.15) is 0 Å². The van der Waals surface area contributed by atoms with Crippen LogP contribution in [0, 0.1) is 5.82 Å². The van der Waals surface area contributed by atoms with E-state index in [-0.39, 0.29) is 5.82 Å². The molecule has 0 nitrogen and oxygen atoms in total. The van der Waals surface area contributed by atoms with Crippen LogP contribution in [-0.4, -0.2) is 0 Å². The highest BCUT2D eigenvalue weighted by Crippen LogP contribution is 2.24. The van der Waals surface area contributed by atoms with Crippen molar-refractivity contribution in [2.75, 3.05) is 0 Å². The summed E-state index contributed by atoms with van der Waals surface area (Å²) in [5.74, 6) is 0.636. The van der Waals surface area contributed by atoms with E-state index in [4.69, 9.17) is 0 Å². The number of halogens is 2. The molecule has 0 spiro atoms. The molecule has 0 N–H and O–H groups in total. The van der Waals surface area contributed by atoms with Crippen molar-refractivity contribution in [1.82, 2.24) is 0 Å². The average molecular weight is 297 g/mol. The molecular formula is C13H10BrFS. The first-order valence-electron chi connectivity index (χ1n) is 4.87. The Bertz CT molecular complexity index is 471. The van der Waals surface area contributed by atoms with E-state index in [1.807, 2.05) is 30.3 Å². The highest BCUT2D eigenvalue weighted by molar-refractivity contribution is 9.10. The van der Waals surface area contributed by atoms with Crippen molar-refractivity contribution in [1.29, 1.82) is 0 Å². The Morgan fingerprint density at radius 2 is 1.81 bits per heavy atom. The Balaban J connectivity index is 2.03. The zero-order valence-corrected chi connectivity index (χ0v) is 10.9. The molecule has 0 bridgehead atoms. The molecule has 82 valence electrons. The Morgan fingerprint density at radius 3 is 2.50 bits per heavy atom. The molecule has 2 rings (SSSR count). The number of rotatable bonds is 3. The zero-order valence-electron chi connectivity index (χ0n) is 8.49. The first kappa shape index (κ1) is 11.7. The minimum absolute atomic E-state index is 0.214. The van der Waals surface area contributed by atoms with E-state index < -0.39 is 0 Å². The van der Waals surface area contributed by atoms with Gasteiger partial charge in [-0.05, 0) is 45.8 Å². The van der Waals surface area contributed by atoms with Crippen LogP contribution >= 0.6 is 27.7 Å². The predicted octanol–water partition coefficient (Wildman–Crippen LogP) is 4.88. The summed E-state index contributed by atoms with van der Waals surface area (Å²) >= 11 is 4.93. The van der Waals surface area contributed by atoms with Crippen LogP contribution in [0.25, 0.3) is 0 Å². The molecule has 0 amide bonds. The van der Waals surface area contributed by atoms with Gasteiger partial charge < -0.3 is 0 Å². The third kappa shape index (κ3) is 3.09. The third-order valence-corrected chi connectivity index (χ3v) is 3.82. The van der Waals surface area contributed by atoms with Gasteiger partial charge in [-0.15, -0.1) is 11.8 Å². The fraction of sp³-hybridized carbons (Fsp3) is 0.0769. The third-order valence-electron chi connectivity index (χ3n) is 2.13. The molecule has 0 aliphatic rings. The molecule has 0 aromatic heterocycles. The molecule has 0 fully saturated rings. The molecule has 0 saturated carbocycles. The quantitative estimate of drug-likeness (QED) is 0.728. The topological polar surface area (TPSA) is 0 Å². The van der Waals surface area contributed by atoms with Crippen molar-refractivity contribution in [2.45, 2.75) is 10.6 Å². The van der Waals surface area contributed by atoms with Crippen molar-refractivity contribution in [2.24, 2.45) is 0 Å². The second-order valence-electron chi connectivity index (χ2n) is 3.35. The van der Waals surface area contributed by atoms with Gasteiger partial charge in [0.25, 0.3) is 0 Å². The van der Waals surface area contributed by atoms with E-state index in [1.54, 1.807) is 11.8 Å². The molecule has 0 heterocycles. The summed E-state index contributed by atoms with van der Waals surface area (Å²) in [4.78, 5) is 1.22. The van der Waals surface area contributed by atoms with Crippen molar-refractivity contribution in [3.8, 4) is 0 Å². The summed E-state index contributed by atoms with van der Waals surface area (Å²) in [6.45, 7) is 0. The van der Waals surface area contributed by atoms with Crippen LogP contribution < -0.4 is 0 Å². The highest BCUT2D eigenvalue weighted by Gasteiger charge is 2.01. The summed E-state index contributed by atoms with van der Waals surface area (Å²) < 4.78 is 13.5. The molecule has 0 aliphatic heterocycles. The average Bonchev–Trinajstić information content (AvgIpc) is 2.32. The van der Waals surface area contributed by atoms with Crippen LogP contribution in [0.2, 0.25) is 0 Å². The molecule has 16 heavy (non-hydrogen) atoms. The van der Waals surface area contributed by atoms with Crippen LogP contribution in [0.5, 0.6) is 0 Å². The Hall–Kier alpha value is -0.800. The SMILES string of the molecule is Fc1ccc(CSc2ccccc2)cc1Br. The molecule has 0 atom stereocenters. The molecule has 0 aliphatic carbocycles. The van der Waals surface area contributed by atoms with Crippen molar-refractivity contribution >= 4 is 27.7 Å². The van der Waals surface area contributed by atoms with Gasteiger partial charge in [-0.1, -0.05) is 24.3 Å². The molecule has 2 aromatic carbocycles. The lowest BCUT2D eigenvalue weighted by atomic mass is 10.2. The molecule has 0 saturated heterocycles. The Labute approximate surface area is 107 Å². The second-order valence-corrected chi connectivity index (χ2v) is 5.25. The van der Waals surface area contributed by atoms with E-state index in [2.05, 4.69) is 28.1 Å². The fourth-order valence-corrected chi connectivity index (χ4v) is 2.60. The van der Waals surface area contributed by atoms with E-state index in [0.29, 0.717) is 4.47 Å². The normalized spacial score (nSPS) is 10.4. The molecular weight excluding hydrogens is 287 g/mol. The number of hydrogen-bond donors (Lipinski definition) is 0. The van der Waals surface area contributed by atoms with Gasteiger partial charge in [0, 0.05) is 10.6 Å². The van der Waals surface area contributed by atoms with Crippen LogP contribution in [0.3, 0.4) is 0 Å². The summed E-state index contributed by atoms with van der Waals surface area (Å²) in [5, 5.41) is 0. The van der Waals surface area contributed by atoms with Crippen molar-refractivity contribution in [3.05, 3.63) is 64.4 Å². The maximum Gasteiger partial charge on any atom is 0.137 e. The van der Waals surface area contributed by atoms with Crippen molar-refractivity contribution in [3.63, 3.8) is 0 Å². The van der Waals surface area contributed by atoms with Gasteiger partial charge in [0.15, 0.2) is 0 Å². The highest BCUT2D eigenvalue weighted by atomic mass is 79.9. The summed E-state index contributed by atoms with van der Waals surface area (Å²) in [6.07, 6.45) is 0. The minimum Gasteiger partial charge on any atom is -0.206 e. The van der Waals surface area contributed by atoms with Gasteiger partial charge in [0.1, 0.15) is 5.82 Å². The maximum absolute atomic E-state index is 13.0. The lowest BCUT2D eigenvalue weighted by molar-refractivity contribution is 0.620. The molecule has 0 unspecified atom stereocenters. The van der Waals surface area contributed by atoms with Crippen molar-refractivity contribution < 1.29 is 4.39 Å². The standard InChI is InChI=1S/C13H10BrFS/c14-12-8-10(6-7-13(12)15)9-16-11-4-2-1-3-5-11/h1-8H,9H2. The van der Waals surface area contributed by atoms with Crippen LogP contribution in [0.1, 0.15) is 5.56 Å². The smallest absolute Gasteiger partial charge is 0.137 e. The molecule has 3 heteroatoms. The van der Waals surface area contributed by atoms with E-state index in [1.165, 1.54) is 11.0 Å². The largest absolute Gasteiger partial charge is 0.206 e. The minimum atomic E-state index is -0.214. The lowest BCUT2D eigenvalue weighted by Gasteiger charge is -2.03. The van der Waals surface area contributed by atoms with Crippen LogP contribution in [0.4, 0.5) is 4.39 Å². The first-order chi connectivity index (χ1) is 7.75. The number of benzene rings is 2. The predicted molar refractivity (Wildman–Crippen MR) is 70.1 cm³/mol. The number of hydrogen-bond acceptors (Lipinski definition) is 1. The Morgan fingerprint density at radius 1 is 1.06 bits per heavy atom. The van der Waals surface area contributed by atoms with E-state index >= 15 is 0 Å². The second kappa shape index (κ2) is 5.51. The van der Waals surface area contributed by atoms with E-state index in [9.17, 15) is 4.39 Å². The first-order valence-corrected chi connectivity index (χ1v) is 6.65. The van der Waals surface area contributed by atoms with Gasteiger partial charge in [0.2, 0.25) is 0 Å². The summed E-state index contributed by atoms with van der Waals surface area (Å²) in [6, 6.07) is 15.3. The van der Waals surface area contributed by atoms with Gasteiger partial charge in [-0.3, -0.25) is 0 Å². The van der Waals surface area contributed by atoms with E-state index in [0.717, 1.165) is 11.3 Å². The summed E-state index contributed by atoms with van der Waals surface area (Å²) in [5.41, 5.74) is 1.11. The number of thioether (sulfide) groups is 1. The lowest BCUT2D eigenvalue weighted by Crippen LogP contribution is -1.83. The van der Waals surface area contributed by atoms with Gasteiger partial charge >= 0.3 is 0 Å². The zero-order chi connectivity index (χ0) is 11.4. The molecule has 2 aromatic rings. The monoisotopic (exact) mass is 296 g/mol. The van der Waals surface area contributed by atoms with Gasteiger partial charge in [-0.25, -0.2) is 4.39 Å².